The number of para-hydroxylation sites is 1. The fraction of sp³-hybridized carbons (Fsp3) is 0.640. The molecule has 0 saturated carbocycles. The number of nitrogens with zero attached hydrogens (tertiary/aromatic N) is 2. The predicted molar refractivity (Wildman–Crippen MR) is 143 cm³/mol. The second-order valence-corrected chi connectivity index (χ2v) is 10.4. The van der Waals surface area contributed by atoms with E-state index in [0.717, 1.165) is 44.6 Å². The Labute approximate surface area is 203 Å². The van der Waals surface area contributed by atoms with Crippen LogP contribution in [0.1, 0.15) is 90.9 Å². The van der Waals surface area contributed by atoms with Gasteiger partial charge in [-0.2, -0.15) is 5.53 Å². The molecule has 0 radical (unpaired) electrons. The van der Waals surface area contributed by atoms with Gasteiger partial charge in [-0.05, 0) is 36.5 Å². The zero-order valence-electron chi connectivity index (χ0n) is 19.9. The van der Waals surface area contributed by atoms with Crippen LogP contribution in [0.25, 0.3) is 0 Å². The molecule has 0 aromatic heterocycles. The van der Waals surface area contributed by atoms with Crippen LogP contribution >= 0.6 is 23.5 Å². The summed E-state index contributed by atoms with van der Waals surface area (Å²) >= 11 is 3.45. The summed E-state index contributed by atoms with van der Waals surface area (Å²) in [6, 6.07) is 10.1. The first kappa shape index (κ1) is 26.9. The van der Waals surface area contributed by atoms with Crippen molar-refractivity contribution in [2.45, 2.75) is 90.9 Å². The van der Waals surface area contributed by atoms with E-state index in [9.17, 15) is 5.21 Å². The van der Waals surface area contributed by atoms with E-state index in [1.807, 2.05) is 30.3 Å². The van der Waals surface area contributed by atoms with Gasteiger partial charge in [0.1, 0.15) is 15.8 Å². The first-order valence-corrected chi connectivity index (χ1v) is 14.4. The number of hydrazone groups is 1. The normalized spacial score (nSPS) is 13.8. The molecule has 1 aliphatic heterocycles. The van der Waals surface area contributed by atoms with E-state index in [2.05, 4.69) is 29.8 Å². The van der Waals surface area contributed by atoms with Crippen LogP contribution in [0.2, 0.25) is 0 Å². The van der Waals surface area contributed by atoms with E-state index in [0.29, 0.717) is 0 Å². The number of anilines is 1. The SMILES string of the molecule is CCCCCCCCSC1=NNN(O)C(SCCCCCCCC)=C1Nc1ccccc1. The van der Waals surface area contributed by atoms with E-state index < -0.39 is 0 Å². The van der Waals surface area contributed by atoms with Crippen LogP contribution < -0.4 is 10.9 Å². The maximum Gasteiger partial charge on any atom is 0.149 e. The Morgan fingerprint density at radius 3 is 2.00 bits per heavy atom. The fourth-order valence-corrected chi connectivity index (χ4v) is 5.51. The average molecular weight is 479 g/mol. The van der Waals surface area contributed by atoms with Gasteiger partial charge >= 0.3 is 0 Å². The van der Waals surface area contributed by atoms with Crippen LogP contribution in [0, 0.1) is 0 Å². The van der Waals surface area contributed by atoms with Crippen molar-refractivity contribution in [2.75, 3.05) is 16.8 Å². The number of benzene rings is 1. The van der Waals surface area contributed by atoms with Crippen molar-refractivity contribution in [1.29, 1.82) is 0 Å². The number of thioether (sulfide) groups is 2. The number of rotatable bonds is 17. The van der Waals surface area contributed by atoms with Crippen LogP contribution in [-0.4, -0.2) is 26.9 Å². The van der Waals surface area contributed by atoms with Crippen molar-refractivity contribution in [3.63, 3.8) is 0 Å². The van der Waals surface area contributed by atoms with Gasteiger partial charge in [0.05, 0.1) is 0 Å². The molecule has 1 aromatic rings. The minimum absolute atomic E-state index is 0.794. The summed E-state index contributed by atoms with van der Waals surface area (Å²) in [6.07, 6.45) is 15.4. The molecule has 1 aromatic carbocycles. The Kier molecular flexibility index (Phi) is 14.5. The largest absolute Gasteiger partial charge is 0.351 e. The Balaban J connectivity index is 1.95. The average Bonchev–Trinajstić information content (AvgIpc) is 2.81. The van der Waals surface area contributed by atoms with Gasteiger partial charge in [0.25, 0.3) is 0 Å². The van der Waals surface area contributed by atoms with Crippen molar-refractivity contribution < 1.29 is 5.21 Å². The molecule has 0 unspecified atom stereocenters. The Hall–Kier alpha value is -1.31. The first-order chi connectivity index (χ1) is 15.8. The topological polar surface area (TPSA) is 59.9 Å². The van der Waals surface area contributed by atoms with Crippen LogP contribution in [0.15, 0.2) is 46.2 Å². The number of nitrogens with one attached hydrogen (secondary N) is 2. The van der Waals surface area contributed by atoms with Gasteiger partial charge in [-0.3, -0.25) is 5.21 Å². The van der Waals surface area contributed by atoms with Crippen molar-refractivity contribution in [3.05, 3.63) is 41.1 Å². The highest BCUT2D eigenvalue weighted by Gasteiger charge is 2.24. The lowest BCUT2D eigenvalue weighted by atomic mass is 10.1. The van der Waals surface area contributed by atoms with Crippen LogP contribution in [0.4, 0.5) is 5.69 Å². The van der Waals surface area contributed by atoms with E-state index in [1.54, 1.807) is 23.5 Å². The molecular weight excluding hydrogens is 436 g/mol. The lowest BCUT2D eigenvalue weighted by Gasteiger charge is -2.28. The highest BCUT2D eigenvalue weighted by atomic mass is 32.2. The molecule has 3 N–H and O–H groups in total. The molecule has 1 heterocycles. The summed E-state index contributed by atoms with van der Waals surface area (Å²) in [5.74, 6) is 2.02. The van der Waals surface area contributed by atoms with Gasteiger partial charge in [0.2, 0.25) is 0 Å². The van der Waals surface area contributed by atoms with Gasteiger partial charge in [-0.25, -0.2) is 0 Å². The van der Waals surface area contributed by atoms with E-state index in [4.69, 9.17) is 0 Å². The number of hydrogen-bond acceptors (Lipinski definition) is 7. The maximum absolute atomic E-state index is 10.5. The number of unbranched alkanes of at least 4 members (excludes halogenated alkanes) is 10. The smallest absolute Gasteiger partial charge is 0.149 e. The zero-order chi connectivity index (χ0) is 22.9. The van der Waals surface area contributed by atoms with Gasteiger partial charge in [0, 0.05) is 5.69 Å². The molecule has 0 saturated heterocycles. The second kappa shape index (κ2) is 17.2. The molecule has 32 heavy (non-hydrogen) atoms. The molecule has 0 amide bonds. The molecule has 0 bridgehead atoms. The van der Waals surface area contributed by atoms with Crippen molar-refractivity contribution in [2.24, 2.45) is 5.10 Å². The lowest BCUT2D eigenvalue weighted by molar-refractivity contribution is -0.0945. The third kappa shape index (κ3) is 10.5. The first-order valence-electron chi connectivity index (χ1n) is 12.4. The number of hydrogen-bond donors (Lipinski definition) is 3. The molecule has 0 aliphatic carbocycles. The van der Waals surface area contributed by atoms with Gasteiger partial charge in [-0.1, -0.05) is 96.3 Å². The maximum atomic E-state index is 10.5. The summed E-state index contributed by atoms with van der Waals surface area (Å²) in [7, 11) is 0. The zero-order valence-corrected chi connectivity index (χ0v) is 21.6. The summed E-state index contributed by atoms with van der Waals surface area (Å²) in [5.41, 5.74) is 4.67. The molecule has 0 spiro atoms. The quantitative estimate of drug-likeness (QED) is 0.197. The third-order valence-corrected chi connectivity index (χ3v) is 7.59. The van der Waals surface area contributed by atoms with Gasteiger partial charge in [-0.15, -0.1) is 33.8 Å². The van der Waals surface area contributed by atoms with Crippen molar-refractivity contribution >= 4 is 34.3 Å². The highest BCUT2D eigenvalue weighted by molar-refractivity contribution is 8.14. The summed E-state index contributed by atoms with van der Waals surface area (Å²) < 4.78 is 0. The molecule has 0 fully saturated rings. The van der Waals surface area contributed by atoms with Crippen LogP contribution in [0.3, 0.4) is 0 Å². The summed E-state index contributed by atoms with van der Waals surface area (Å²) in [5, 5.41) is 21.2. The van der Waals surface area contributed by atoms with Crippen LogP contribution in [-0.2, 0) is 0 Å². The second-order valence-electron chi connectivity index (χ2n) is 8.23. The summed E-state index contributed by atoms with van der Waals surface area (Å²) in [6.45, 7) is 4.50. The Morgan fingerprint density at radius 2 is 1.38 bits per heavy atom. The predicted octanol–water partition coefficient (Wildman–Crippen LogP) is 7.98. The molecule has 0 atom stereocenters. The van der Waals surface area contributed by atoms with E-state index in [-0.39, 0.29) is 0 Å². The molecule has 2 rings (SSSR count). The molecule has 7 heteroatoms. The van der Waals surface area contributed by atoms with Crippen molar-refractivity contribution in [1.82, 2.24) is 10.7 Å². The molecule has 1 aliphatic rings. The molecular formula is C25H42N4OS2. The Bertz CT molecular complexity index is 682. The third-order valence-electron chi connectivity index (χ3n) is 5.38. The lowest BCUT2D eigenvalue weighted by Crippen LogP contribution is -2.37. The van der Waals surface area contributed by atoms with Gasteiger partial charge < -0.3 is 5.32 Å². The van der Waals surface area contributed by atoms with E-state index >= 15 is 0 Å². The molecule has 5 nitrogen and oxygen atoms in total. The van der Waals surface area contributed by atoms with Crippen molar-refractivity contribution in [3.8, 4) is 0 Å². The van der Waals surface area contributed by atoms with Gasteiger partial charge in [0.15, 0.2) is 0 Å². The Morgan fingerprint density at radius 1 is 0.812 bits per heavy atom. The number of hydroxylamine groups is 1. The monoisotopic (exact) mass is 478 g/mol. The molecule has 180 valence electrons. The minimum atomic E-state index is 0.794. The van der Waals surface area contributed by atoms with Crippen LogP contribution in [0.5, 0.6) is 0 Å². The number of hydrazine groups is 1. The highest BCUT2D eigenvalue weighted by Crippen LogP contribution is 2.31. The standard InChI is InChI=1S/C25H42N4OS2/c1-3-5-7-9-11-16-20-31-24-23(26-22-18-14-13-15-19-22)25(29(30)28-27-24)32-21-17-12-10-8-6-4-2/h13-15,18-19,26,28,30H,3-12,16-17,20-21H2,1-2H3. The summed E-state index contributed by atoms with van der Waals surface area (Å²) in [4.78, 5) is 0. The van der Waals surface area contributed by atoms with E-state index in [1.165, 1.54) is 70.6 Å². The minimum Gasteiger partial charge on any atom is -0.351 e. The fourth-order valence-electron chi connectivity index (χ4n) is 3.50.